The van der Waals surface area contributed by atoms with Crippen molar-refractivity contribution < 1.29 is 5.11 Å². The molecule has 0 unspecified atom stereocenters. The Kier molecular flexibility index (Phi) is 5.52. The first-order valence-electron chi connectivity index (χ1n) is 12.3. The number of aromatic nitrogens is 4. The minimum absolute atomic E-state index is 0.0497. The van der Waals surface area contributed by atoms with Crippen molar-refractivity contribution in [3.05, 3.63) is 53.2 Å². The predicted octanol–water partition coefficient (Wildman–Crippen LogP) is 2.41. The number of imidazole rings is 1. The van der Waals surface area contributed by atoms with E-state index >= 15 is 0 Å². The normalized spacial score (nSPS) is 23.3. The summed E-state index contributed by atoms with van der Waals surface area (Å²) in [6.07, 6.45) is 9.68. The van der Waals surface area contributed by atoms with Crippen LogP contribution in [0.15, 0.2) is 30.6 Å². The van der Waals surface area contributed by atoms with Crippen molar-refractivity contribution in [2.45, 2.75) is 57.3 Å². The first kappa shape index (κ1) is 21.0. The van der Waals surface area contributed by atoms with E-state index in [1.807, 2.05) is 24.5 Å². The fraction of sp³-hybridized carbons (Fsp3) is 0.560. The molecular weight excluding hydrogens is 414 g/mol. The van der Waals surface area contributed by atoms with Gasteiger partial charge in [0.2, 0.25) is 5.95 Å². The molecule has 2 aliphatic heterocycles. The summed E-state index contributed by atoms with van der Waals surface area (Å²) < 4.78 is 2.08. The molecule has 3 aliphatic rings. The molecule has 33 heavy (non-hydrogen) atoms. The van der Waals surface area contributed by atoms with E-state index in [9.17, 15) is 5.11 Å². The Morgan fingerprint density at radius 1 is 1.09 bits per heavy atom. The van der Waals surface area contributed by atoms with Gasteiger partial charge in [-0.05, 0) is 63.4 Å². The highest BCUT2D eigenvalue weighted by molar-refractivity contribution is 5.51. The van der Waals surface area contributed by atoms with Gasteiger partial charge in [0.15, 0.2) is 0 Å². The Morgan fingerprint density at radius 2 is 2.03 bits per heavy atom. The van der Waals surface area contributed by atoms with Gasteiger partial charge in [0.05, 0.1) is 29.7 Å². The molecule has 2 atom stereocenters. The van der Waals surface area contributed by atoms with E-state index < -0.39 is 0 Å². The van der Waals surface area contributed by atoms with E-state index in [1.54, 1.807) is 0 Å². The minimum atomic E-state index is -0.0497. The average molecular weight is 448 g/mol. The fourth-order valence-corrected chi connectivity index (χ4v) is 6.13. The van der Waals surface area contributed by atoms with E-state index in [4.69, 9.17) is 15.0 Å². The summed E-state index contributed by atoms with van der Waals surface area (Å²) in [4.78, 5) is 21.8. The largest absolute Gasteiger partial charge is 0.390 e. The SMILES string of the molecule is CN(Cc1nc2ccnc(N3CCN4CCC[C@H]4C3)n2c1CO)[C@H]1CCCc2cccnc21. The number of hydrogen-bond donors (Lipinski definition) is 1. The van der Waals surface area contributed by atoms with Crippen molar-refractivity contribution in [2.24, 2.45) is 0 Å². The molecule has 0 radical (unpaired) electrons. The molecule has 8 nitrogen and oxygen atoms in total. The zero-order chi connectivity index (χ0) is 22.4. The van der Waals surface area contributed by atoms with Crippen LogP contribution in [0.25, 0.3) is 5.65 Å². The van der Waals surface area contributed by atoms with Crippen molar-refractivity contribution in [3.8, 4) is 0 Å². The smallest absolute Gasteiger partial charge is 0.211 e. The highest BCUT2D eigenvalue weighted by Crippen LogP contribution is 2.33. The second-order valence-corrected chi connectivity index (χ2v) is 9.75. The second-order valence-electron chi connectivity index (χ2n) is 9.75. The Bertz CT molecular complexity index is 1140. The van der Waals surface area contributed by atoms with Crippen LogP contribution < -0.4 is 4.90 Å². The maximum Gasteiger partial charge on any atom is 0.211 e. The van der Waals surface area contributed by atoms with E-state index in [0.29, 0.717) is 12.6 Å². The molecule has 2 fully saturated rings. The molecule has 0 aromatic carbocycles. The molecule has 8 heteroatoms. The Balaban J connectivity index is 1.31. The molecule has 1 aliphatic carbocycles. The molecule has 6 rings (SSSR count). The summed E-state index contributed by atoms with van der Waals surface area (Å²) in [6.45, 7) is 4.88. The number of hydrogen-bond acceptors (Lipinski definition) is 7. The molecule has 5 heterocycles. The number of aliphatic hydroxyl groups excluding tert-OH is 1. The zero-order valence-electron chi connectivity index (χ0n) is 19.4. The molecular formula is C25H33N7O. The first-order chi connectivity index (χ1) is 16.2. The van der Waals surface area contributed by atoms with Crippen molar-refractivity contribution in [1.82, 2.24) is 29.2 Å². The van der Waals surface area contributed by atoms with Gasteiger partial charge in [0.1, 0.15) is 5.65 Å². The minimum Gasteiger partial charge on any atom is -0.390 e. The van der Waals surface area contributed by atoms with Gasteiger partial charge >= 0.3 is 0 Å². The van der Waals surface area contributed by atoms with Crippen LogP contribution in [0.3, 0.4) is 0 Å². The lowest BCUT2D eigenvalue weighted by Crippen LogP contribution is -2.51. The van der Waals surface area contributed by atoms with Gasteiger partial charge in [-0.1, -0.05) is 6.07 Å². The third kappa shape index (κ3) is 3.70. The third-order valence-corrected chi connectivity index (χ3v) is 7.81. The van der Waals surface area contributed by atoms with E-state index in [2.05, 4.69) is 32.2 Å². The summed E-state index contributed by atoms with van der Waals surface area (Å²) in [5.41, 5.74) is 5.19. The zero-order valence-corrected chi connectivity index (χ0v) is 19.4. The van der Waals surface area contributed by atoms with Crippen LogP contribution in [0.1, 0.15) is 54.4 Å². The number of fused-ring (bicyclic) bond motifs is 3. The van der Waals surface area contributed by atoms with Crippen LogP contribution >= 0.6 is 0 Å². The van der Waals surface area contributed by atoms with Crippen molar-refractivity contribution in [2.75, 3.05) is 38.1 Å². The molecule has 0 amide bonds. The van der Waals surface area contributed by atoms with Crippen molar-refractivity contribution >= 4 is 11.6 Å². The lowest BCUT2D eigenvalue weighted by molar-refractivity contribution is 0.203. The molecule has 0 spiro atoms. The van der Waals surface area contributed by atoms with Gasteiger partial charge in [-0.25, -0.2) is 9.97 Å². The third-order valence-electron chi connectivity index (χ3n) is 7.81. The van der Waals surface area contributed by atoms with Crippen molar-refractivity contribution in [1.29, 1.82) is 0 Å². The number of pyridine rings is 1. The van der Waals surface area contributed by atoms with Crippen LogP contribution in [0.2, 0.25) is 0 Å². The van der Waals surface area contributed by atoms with Gasteiger partial charge < -0.3 is 10.0 Å². The van der Waals surface area contributed by atoms with E-state index in [0.717, 1.165) is 55.5 Å². The van der Waals surface area contributed by atoms with Gasteiger partial charge in [-0.15, -0.1) is 0 Å². The predicted molar refractivity (Wildman–Crippen MR) is 127 cm³/mol. The number of piperazine rings is 1. The molecule has 2 saturated heterocycles. The number of aryl methyl sites for hydroxylation is 1. The summed E-state index contributed by atoms with van der Waals surface area (Å²) in [5.74, 6) is 0.911. The van der Waals surface area contributed by atoms with Crippen LogP contribution in [0.4, 0.5) is 5.95 Å². The van der Waals surface area contributed by atoms with Crippen LogP contribution in [0.5, 0.6) is 0 Å². The average Bonchev–Trinajstić information content (AvgIpc) is 3.46. The number of rotatable bonds is 5. The van der Waals surface area contributed by atoms with Gasteiger partial charge in [-0.2, -0.15) is 0 Å². The van der Waals surface area contributed by atoms with Crippen LogP contribution in [0, 0.1) is 0 Å². The van der Waals surface area contributed by atoms with Crippen LogP contribution in [-0.2, 0) is 19.6 Å². The summed E-state index contributed by atoms with van der Waals surface area (Å²) >= 11 is 0. The number of anilines is 1. The topological polar surface area (TPSA) is 73.0 Å². The molecule has 0 bridgehead atoms. The Morgan fingerprint density at radius 3 is 2.94 bits per heavy atom. The fourth-order valence-electron chi connectivity index (χ4n) is 6.13. The molecule has 3 aromatic rings. The van der Waals surface area contributed by atoms with E-state index in [1.165, 1.54) is 37.1 Å². The Hall–Kier alpha value is -2.55. The lowest BCUT2D eigenvalue weighted by atomic mass is 9.91. The summed E-state index contributed by atoms with van der Waals surface area (Å²) in [7, 11) is 2.15. The molecule has 1 N–H and O–H groups in total. The van der Waals surface area contributed by atoms with Gasteiger partial charge in [0, 0.05) is 44.6 Å². The van der Waals surface area contributed by atoms with Gasteiger partial charge in [-0.3, -0.25) is 19.2 Å². The highest BCUT2D eigenvalue weighted by atomic mass is 16.3. The highest BCUT2D eigenvalue weighted by Gasteiger charge is 2.33. The molecule has 174 valence electrons. The standard InChI is InChI=1S/C25H33N7O/c1-29(21-8-2-5-18-6-3-10-26-24(18)21)16-20-22(17-33)32-23(28-20)9-11-27-25(32)31-14-13-30-12-4-7-19(30)15-31/h3,6,9-11,19,21,33H,2,4-5,7-8,12-17H2,1H3/t19-,21-/m0/s1. The van der Waals surface area contributed by atoms with Crippen LogP contribution in [-0.4, -0.2) is 73.5 Å². The lowest BCUT2D eigenvalue weighted by Gasteiger charge is -2.38. The van der Waals surface area contributed by atoms with Gasteiger partial charge in [0.25, 0.3) is 0 Å². The maximum atomic E-state index is 10.4. The maximum absolute atomic E-state index is 10.4. The summed E-state index contributed by atoms with van der Waals surface area (Å²) in [5, 5.41) is 10.4. The monoisotopic (exact) mass is 447 g/mol. The quantitative estimate of drug-likeness (QED) is 0.644. The number of nitrogens with zero attached hydrogens (tertiary/aromatic N) is 7. The number of aliphatic hydroxyl groups is 1. The molecule has 0 saturated carbocycles. The first-order valence-corrected chi connectivity index (χ1v) is 12.3. The molecule has 3 aromatic heterocycles. The Labute approximate surface area is 194 Å². The second kappa shape index (κ2) is 8.66. The van der Waals surface area contributed by atoms with E-state index in [-0.39, 0.29) is 12.6 Å². The summed E-state index contributed by atoms with van der Waals surface area (Å²) in [6, 6.07) is 7.08. The van der Waals surface area contributed by atoms with Crippen molar-refractivity contribution in [3.63, 3.8) is 0 Å².